The Bertz CT molecular complexity index is 1190. The molecule has 2 aromatic rings. The summed E-state index contributed by atoms with van der Waals surface area (Å²) in [6.45, 7) is 11.6. The van der Waals surface area contributed by atoms with Gasteiger partial charge in [-0.25, -0.2) is 9.78 Å². The summed E-state index contributed by atoms with van der Waals surface area (Å²) < 4.78 is 5.80. The minimum Gasteiger partial charge on any atom is -0.479 e. The molecule has 1 aromatic carbocycles. The van der Waals surface area contributed by atoms with Crippen LogP contribution in [0.5, 0.6) is 5.75 Å². The lowest BCUT2D eigenvalue weighted by Crippen LogP contribution is -2.31. The van der Waals surface area contributed by atoms with Crippen LogP contribution in [0.15, 0.2) is 24.3 Å². The number of amidine groups is 1. The zero-order chi connectivity index (χ0) is 26.2. The van der Waals surface area contributed by atoms with Crippen molar-refractivity contribution in [2.75, 3.05) is 31.1 Å². The number of aromatic nitrogens is 1. The fourth-order valence-corrected chi connectivity index (χ4v) is 4.69. The summed E-state index contributed by atoms with van der Waals surface area (Å²) in [6, 6.07) is 7.72. The van der Waals surface area contributed by atoms with Gasteiger partial charge in [-0.15, -0.1) is 0 Å². The smallest absolute Gasteiger partial charge is 0.341 e. The van der Waals surface area contributed by atoms with E-state index >= 15 is 0 Å². The van der Waals surface area contributed by atoms with Crippen molar-refractivity contribution >= 4 is 23.3 Å². The van der Waals surface area contributed by atoms with E-state index in [0.29, 0.717) is 54.1 Å². The largest absolute Gasteiger partial charge is 0.479 e. The number of anilines is 1. The van der Waals surface area contributed by atoms with Gasteiger partial charge in [0.25, 0.3) is 0 Å². The lowest BCUT2D eigenvalue weighted by atomic mass is 9.84. The molecule has 4 rings (SSSR count). The van der Waals surface area contributed by atoms with Gasteiger partial charge in [0.05, 0.1) is 12.2 Å². The number of carbonyl (C=O) groups is 2. The number of fused-ring (bicyclic) bond motifs is 1. The third kappa shape index (κ3) is 5.22. The number of nitrogens with one attached hydrogen (secondary N) is 1. The van der Waals surface area contributed by atoms with Gasteiger partial charge < -0.3 is 19.6 Å². The topological polar surface area (TPSA) is 107 Å². The van der Waals surface area contributed by atoms with E-state index < -0.39 is 12.6 Å². The number of ether oxygens (including phenoxy) is 1. The Hall–Kier alpha value is -3.42. The minimum absolute atomic E-state index is 0.0740. The van der Waals surface area contributed by atoms with Crippen LogP contribution >= 0.6 is 0 Å². The van der Waals surface area contributed by atoms with Crippen LogP contribution in [-0.4, -0.2) is 58.8 Å². The van der Waals surface area contributed by atoms with E-state index in [-0.39, 0.29) is 17.7 Å². The standard InChI is InChI=1S/C28H36N4O4/c1-6-31(7-2)22-13-19(12-20(28(3,4)5)26(22)36-16-24(34)35)23(33)15-32-14-18-10-11-21(17-8-9-17)30-25(18)27(32)29/h10-13,17,29H,6-9,14-16H2,1-5H3,(H,34,35). The van der Waals surface area contributed by atoms with Crippen molar-refractivity contribution in [2.24, 2.45) is 0 Å². The van der Waals surface area contributed by atoms with Crippen LogP contribution in [0.25, 0.3) is 0 Å². The van der Waals surface area contributed by atoms with Gasteiger partial charge in [0.1, 0.15) is 17.3 Å². The number of ketones is 1. The summed E-state index contributed by atoms with van der Waals surface area (Å²) in [7, 11) is 0. The maximum Gasteiger partial charge on any atom is 0.341 e. The van der Waals surface area contributed by atoms with Crippen LogP contribution in [0.2, 0.25) is 0 Å². The SMILES string of the molecule is CCN(CC)c1cc(C(=O)CN2Cc3ccc(C4CC4)nc3C2=N)cc(C(C)(C)C)c1OCC(=O)O. The molecule has 1 aromatic heterocycles. The maximum atomic E-state index is 13.6. The first kappa shape index (κ1) is 25.7. The molecule has 36 heavy (non-hydrogen) atoms. The Morgan fingerprint density at radius 2 is 1.89 bits per heavy atom. The average Bonchev–Trinajstić information content (AvgIpc) is 3.63. The Morgan fingerprint density at radius 1 is 1.19 bits per heavy atom. The molecule has 2 N–H and O–H groups in total. The summed E-state index contributed by atoms with van der Waals surface area (Å²) in [5.41, 5.74) is 4.35. The van der Waals surface area contributed by atoms with Gasteiger partial charge in [0.15, 0.2) is 12.4 Å². The summed E-state index contributed by atoms with van der Waals surface area (Å²) in [4.78, 5) is 33.4. The van der Waals surface area contributed by atoms with Crippen molar-refractivity contribution < 1.29 is 19.4 Å². The van der Waals surface area contributed by atoms with E-state index in [9.17, 15) is 14.7 Å². The minimum atomic E-state index is -1.05. The highest BCUT2D eigenvalue weighted by molar-refractivity contribution is 6.05. The van der Waals surface area contributed by atoms with Crippen molar-refractivity contribution in [3.8, 4) is 5.75 Å². The van der Waals surface area contributed by atoms with Crippen LogP contribution in [0, 0.1) is 5.41 Å². The molecular weight excluding hydrogens is 456 g/mol. The number of carboxylic acids is 1. The lowest BCUT2D eigenvalue weighted by Gasteiger charge is -2.30. The van der Waals surface area contributed by atoms with Gasteiger partial charge >= 0.3 is 5.97 Å². The number of carboxylic acid groups (broad SMARTS) is 1. The van der Waals surface area contributed by atoms with Crippen LogP contribution in [0.4, 0.5) is 5.69 Å². The van der Waals surface area contributed by atoms with Crippen molar-refractivity contribution in [3.63, 3.8) is 0 Å². The van der Waals surface area contributed by atoms with E-state index in [2.05, 4.69) is 11.0 Å². The molecule has 0 bridgehead atoms. The molecule has 1 aliphatic heterocycles. The number of aliphatic carboxylic acids is 1. The summed E-state index contributed by atoms with van der Waals surface area (Å²) in [5.74, 6) is 0.158. The first-order valence-corrected chi connectivity index (χ1v) is 12.7. The van der Waals surface area contributed by atoms with Crippen molar-refractivity contribution in [3.05, 3.63) is 52.3 Å². The highest BCUT2D eigenvalue weighted by Gasteiger charge is 2.32. The van der Waals surface area contributed by atoms with Crippen molar-refractivity contribution in [1.82, 2.24) is 9.88 Å². The summed E-state index contributed by atoms with van der Waals surface area (Å²) in [5, 5.41) is 17.9. The monoisotopic (exact) mass is 492 g/mol. The molecular formula is C28H36N4O4. The third-order valence-electron chi connectivity index (χ3n) is 6.88. The van der Waals surface area contributed by atoms with Gasteiger partial charge in [-0.05, 0) is 50.3 Å². The molecule has 2 aliphatic rings. The number of rotatable bonds is 10. The predicted octanol–water partition coefficient (Wildman–Crippen LogP) is 4.59. The number of nitrogens with zero attached hydrogens (tertiary/aromatic N) is 3. The van der Waals surface area contributed by atoms with Gasteiger partial charge in [-0.1, -0.05) is 26.8 Å². The zero-order valence-electron chi connectivity index (χ0n) is 21.9. The predicted molar refractivity (Wildman–Crippen MR) is 140 cm³/mol. The number of benzene rings is 1. The molecule has 0 spiro atoms. The highest BCUT2D eigenvalue weighted by Crippen LogP contribution is 2.41. The van der Waals surface area contributed by atoms with Crippen molar-refractivity contribution in [2.45, 2.75) is 65.3 Å². The first-order chi connectivity index (χ1) is 17.0. The normalized spacial score (nSPS) is 15.1. The fraction of sp³-hybridized carbons (Fsp3) is 0.500. The number of Topliss-reactive ketones (excluding diaryl/α,β-unsaturated/α-hetero) is 1. The Morgan fingerprint density at radius 3 is 2.47 bits per heavy atom. The fourth-order valence-electron chi connectivity index (χ4n) is 4.69. The number of hydrogen-bond donors (Lipinski definition) is 2. The maximum absolute atomic E-state index is 13.6. The molecule has 0 radical (unpaired) electrons. The molecule has 0 saturated heterocycles. The highest BCUT2D eigenvalue weighted by atomic mass is 16.5. The van der Waals surface area contributed by atoms with Crippen LogP contribution in [0.3, 0.4) is 0 Å². The number of pyridine rings is 1. The molecule has 0 unspecified atom stereocenters. The summed E-state index contributed by atoms with van der Waals surface area (Å²) >= 11 is 0. The van der Waals surface area contributed by atoms with Crippen molar-refractivity contribution in [1.29, 1.82) is 5.41 Å². The van der Waals surface area contributed by atoms with Gasteiger partial charge in [-0.3, -0.25) is 10.2 Å². The zero-order valence-corrected chi connectivity index (χ0v) is 21.9. The average molecular weight is 493 g/mol. The van der Waals surface area contributed by atoms with Gasteiger partial charge in [-0.2, -0.15) is 0 Å². The Kier molecular flexibility index (Phi) is 7.07. The molecule has 0 atom stereocenters. The van der Waals surface area contributed by atoms with Crippen LogP contribution < -0.4 is 9.64 Å². The van der Waals surface area contributed by atoms with Crippen LogP contribution in [-0.2, 0) is 16.8 Å². The van der Waals surface area contributed by atoms with E-state index in [0.717, 1.165) is 29.7 Å². The Balaban J connectivity index is 1.66. The molecule has 192 valence electrons. The second-order valence-corrected chi connectivity index (χ2v) is 10.6. The molecule has 8 nitrogen and oxygen atoms in total. The van der Waals surface area contributed by atoms with E-state index in [1.807, 2.05) is 46.8 Å². The van der Waals surface area contributed by atoms with Gasteiger partial charge in [0, 0.05) is 47.9 Å². The van der Waals surface area contributed by atoms with E-state index in [4.69, 9.17) is 15.1 Å². The molecule has 1 saturated carbocycles. The van der Waals surface area contributed by atoms with E-state index in [1.165, 1.54) is 0 Å². The summed E-state index contributed by atoms with van der Waals surface area (Å²) in [6.07, 6.45) is 2.30. The van der Waals surface area contributed by atoms with Crippen LogP contribution in [0.1, 0.15) is 86.3 Å². The lowest BCUT2D eigenvalue weighted by molar-refractivity contribution is -0.139. The Labute approximate surface area is 212 Å². The third-order valence-corrected chi connectivity index (χ3v) is 6.88. The molecule has 8 heteroatoms. The second kappa shape index (κ2) is 9.91. The quantitative estimate of drug-likeness (QED) is 0.467. The number of hydrogen-bond acceptors (Lipinski definition) is 6. The van der Waals surface area contributed by atoms with E-state index in [1.54, 1.807) is 11.0 Å². The first-order valence-electron chi connectivity index (χ1n) is 12.7. The second-order valence-electron chi connectivity index (χ2n) is 10.6. The molecule has 1 aliphatic carbocycles. The molecule has 2 heterocycles. The number of carbonyl (C=O) groups excluding carboxylic acids is 1. The van der Waals surface area contributed by atoms with Gasteiger partial charge in [0.2, 0.25) is 0 Å². The molecule has 0 amide bonds. The molecule has 1 fully saturated rings.